The Morgan fingerprint density at radius 1 is 0.413 bits per heavy atom. The first-order chi connectivity index (χ1) is 22.5. The maximum atomic E-state index is 9.67. The summed E-state index contributed by atoms with van der Waals surface area (Å²) in [4.78, 5) is 9.48. The summed E-state index contributed by atoms with van der Waals surface area (Å²) in [7, 11) is 0. The molecule has 6 aromatic carbocycles. The van der Waals surface area contributed by atoms with Crippen LogP contribution in [-0.2, 0) is 0 Å². The van der Waals surface area contributed by atoms with Gasteiger partial charge in [0.2, 0.25) is 11.8 Å². The molecule has 2 heterocycles. The van der Waals surface area contributed by atoms with E-state index in [4.69, 9.17) is 28.3 Å². The summed E-state index contributed by atoms with van der Waals surface area (Å²) >= 11 is 0. The number of ether oxygens (including phenoxy) is 2. The van der Waals surface area contributed by atoms with E-state index in [1.165, 1.54) is 0 Å². The molecule has 8 heteroatoms. The molecule has 8 rings (SSSR count). The summed E-state index contributed by atoms with van der Waals surface area (Å²) in [5.41, 5.74) is 6.42. The van der Waals surface area contributed by atoms with Crippen LogP contribution >= 0.6 is 0 Å². The number of hydrogen-bond acceptors (Lipinski definition) is 8. The summed E-state index contributed by atoms with van der Waals surface area (Å²) in [6.07, 6.45) is 0. The molecule has 0 atom stereocenters. The number of phenolic OH excluding ortho intramolecular Hbond substituents is 2. The van der Waals surface area contributed by atoms with Gasteiger partial charge in [-0.25, -0.2) is 9.97 Å². The van der Waals surface area contributed by atoms with E-state index in [1.54, 1.807) is 48.5 Å². The molecule has 8 nitrogen and oxygen atoms in total. The SMILES string of the molecule is Oc1cccc(Oc2ccc(-c3nc4cc(-c5ccc6oc(-c7ccc(Oc8cccc(O)c8)cc7)nc6c5)ccc4o3)cc2)c1. The van der Waals surface area contributed by atoms with Crippen molar-refractivity contribution in [1.82, 2.24) is 9.97 Å². The second-order valence-corrected chi connectivity index (χ2v) is 10.7. The van der Waals surface area contributed by atoms with E-state index in [-0.39, 0.29) is 11.5 Å². The quantitative estimate of drug-likeness (QED) is 0.185. The van der Waals surface area contributed by atoms with Crippen LogP contribution in [0.15, 0.2) is 142 Å². The van der Waals surface area contributed by atoms with Gasteiger partial charge in [0.05, 0.1) is 0 Å². The van der Waals surface area contributed by atoms with Gasteiger partial charge in [0.1, 0.15) is 45.5 Å². The van der Waals surface area contributed by atoms with Crippen molar-refractivity contribution in [3.8, 4) is 68.5 Å². The highest BCUT2D eigenvalue weighted by atomic mass is 16.5. The number of aromatic hydroxyl groups is 2. The number of rotatable bonds is 7. The number of nitrogens with zero attached hydrogens (tertiary/aromatic N) is 2. The van der Waals surface area contributed by atoms with Crippen molar-refractivity contribution in [3.63, 3.8) is 0 Å². The van der Waals surface area contributed by atoms with Crippen LogP contribution in [0.25, 0.3) is 56.2 Å². The minimum absolute atomic E-state index is 0.145. The fraction of sp³-hybridized carbons (Fsp3) is 0. The van der Waals surface area contributed by atoms with Crippen LogP contribution in [0.3, 0.4) is 0 Å². The molecule has 46 heavy (non-hydrogen) atoms. The average molecular weight is 605 g/mol. The van der Waals surface area contributed by atoms with Crippen molar-refractivity contribution >= 4 is 22.2 Å². The summed E-state index contributed by atoms with van der Waals surface area (Å²) in [5.74, 6) is 3.67. The first-order valence-corrected chi connectivity index (χ1v) is 14.5. The lowest BCUT2D eigenvalue weighted by atomic mass is 10.0. The Bertz CT molecular complexity index is 2170. The number of fused-ring (bicyclic) bond motifs is 2. The highest BCUT2D eigenvalue weighted by molar-refractivity contribution is 5.86. The summed E-state index contributed by atoms with van der Waals surface area (Å²) in [6.45, 7) is 0. The lowest BCUT2D eigenvalue weighted by Gasteiger charge is -2.06. The van der Waals surface area contributed by atoms with E-state index in [0.29, 0.717) is 45.9 Å². The van der Waals surface area contributed by atoms with Crippen molar-refractivity contribution in [2.75, 3.05) is 0 Å². The molecule has 0 amide bonds. The predicted molar refractivity (Wildman–Crippen MR) is 174 cm³/mol. The van der Waals surface area contributed by atoms with Crippen molar-refractivity contribution in [2.24, 2.45) is 0 Å². The van der Waals surface area contributed by atoms with Gasteiger partial charge >= 0.3 is 0 Å². The molecule has 0 radical (unpaired) electrons. The van der Waals surface area contributed by atoms with Gasteiger partial charge in [-0.2, -0.15) is 0 Å². The molecular formula is C38H24N2O6. The Labute approximate surface area is 262 Å². The van der Waals surface area contributed by atoms with E-state index < -0.39 is 0 Å². The zero-order valence-electron chi connectivity index (χ0n) is 24.1. The minimum atomic E-state index is 0.145. The Morgan fingerprint density at radius 2 is 0.826 bits per heavy atom. The van der Waals surface area contributed by atoms with Gasteiger partial charge in [0.25, 0.3) is 0 Å². The third-order valence-electron chi connectivity index (χ3n) is 7.42. The number of benzene rings is 6. The first kappa shape index (κ1) is 27.0. The zero-order valence-corrected chi connectivity index (χ0v) is 24.1. The van der Waals surface area contributed by atoms with Gasteiger partial charge in [-0.1, -0.05) is 24.3 Å². The fourth-order valence-electron chi connectivity index (χ4n) is 5.16. The van der Waals surface area contributed by atoms with E-state index in [1.807, 2.05) is 84.9 Å². The Kier molecular flexibility index (Phi) is 6.58. The van der Waals surface area contributed by atoms with E-state index in [0.717, 1.165) is 33.3 Å². The summed E-state index contributed by atoms with van der Waals surface area (Å²) in [5, 5.41) is 19.3. The van der Waals surface area contributed by atoms with Crippen LogP contribution in [0.1, 0.15) is 0 Å². The zero-order chi connectivity index (χ0) is 31.0. The van der Waals surface area contributed by atoms with Crippen LogP contribution in [-0.4, -0.2) is 20.2 Å². The monoisotopic (exact) mass is 604 g/mol. The third kappa shape index (κ3) is 5.46. The van der Waals surface area contributed by atoms with Crippen LogP contribution in [0, 0.1) is 0 Å². The van der Waals surface area contributed by atoms with Gasteiger partial charge in [-0.05, 0) is 108 Å². The third-order valence-corrected chi connectivity index (χ3v) is 7.42. The van der Waals surface area contributed by atoms with E-state index >= 15 is 0 Å². The molecule has 2 N–H and O–H groups in total. The van der Waals surface area contributed by atoms with Crippen LogP contribution in [0.5, 0.6) is 34.5 Å². The van der Waals surface area contributed by atoms with Crippen LogP contribution in [0.4, 0.5) is 0 Å². The Balaban J connectivity index is 1.01. The largest absolute Gasteiger partial charge is 0.508 e. The molecule has 2 aromatic heterocycles. The standard InChI is InChI=1S/C38H24N2O6/c41-27-3-1-5-31(21-27)43-29-13-7-23(8-14-29)37-39-33-19-25(11-17-35(33)45-37)26-12-18-36-34(20-26)40-38(46-36)24-9-15-30(16-10-24)44-32-6-2-4-28(42)22-32/h1-22,41-42H. The van der Waals surface area contributed by atoms with Crippen LogP contribution < -0.4 is 9.47 Å². The van der Waals surface area contributed by atoms with Gasteiger partial charge < -0.3 is 28.5 Å². The molecule has 0 saturated heterocycles. The highest BCUT2D eigenvalue weighted by Gasteiger charge is 2.13. The predicted octanol–water partition coefficient (Wildman–Crippen LogP) is 9.97. The summed E-state index contributed by atoms with van der Waals surface area (Å²) < 4.78 is 23.8. The molecule has 8 aromatic rings. The molecule has 0 aliphatic heterocycles. The molecule has 0 unspecified atom stereocenters. The molecule has 0 spiro atoms. The van der Waals surface area contributed by atoms with Crippen molar-refractivity contribution in [3.05, 3.63) is 133 Å². The average Bonchev–Trinajstić information content (AvgIpc) is 3.69. The molecular weight excluding hydrogens is 580 g/mol. The summed E-state index contributed by atoms with van der Waals surface area (Å²) in [6, 6.07) is 40.0. The van der Waals surface area contributed by atoms with E-state index in [2.05, 4.69) is 0 Å². The highest BCUT2D eigenvalue weighted by Crippen LogP contribution is 2.34. The number of aromatic nitrogens is 2. The minimum Gasteiger partial charge on any atom is -0.508 e. The first-order valence-electron chi connectivity index (χ1n) is 14.5. The smallest absolute Gasteiger partial charge is 0.227 e. The number of phenols is 2. The maximum absolute atomic E-state index is 9.67. The maximum Gasteiger partial charge on any atom is 0.227 e. The molecule has 0 aliphatic carbocycles. The van der Waals surface area contributed by atoms with Gasteiger partial charge in [-0.15, -0.1) is 0 Å². The van der Waals surface area contributed by atoms with Crippen molar-refractivity contribution in [2.45, 2.75) is 0 Å². The second-order valence-electron chi connectivity index (χ2n) is 10.7. The molecule has 0 bridgehead atoms. The molecule has 0 aliphatic rings. The van der Waals surface area contributed by atoms with Crippen molar-refractivity contribution < 1.29 is 28.5 Å². The van der Waals surface area contributed by atoms with Crippen LogP contribution in [0.2, 0.25) is 0 Å². The number of hydrogen-bond donors (Lipinski definition) is 2. The van der Waals surface area contributed by atoms with Crippen molar-refractivity contribution in [1.29, 1.82) is 0 Å². The van der Waals surface area contributed by atoms with E-state index in [9.17, 15) is 10.2 Å². The molecule has 0 fully saturated rings. The fourth-order valence-corrected chi connectivity index (χ4v) is 5.16. The number of oxazole rings is 2. The lowest BCUT2D eigenvalue weighted by molar-refractivity contribution is 0.454. The lowest BCUT2D eigenvalue weighted by Crippen LogP contribution is -1.84. The topological polar surface area (TPSA) is 111 Å². The van der Waals surface area contributed by atoms with Gasteiger partial charge in [0, 0.05) is 23.3 Å². The molecule has 222 valence electrons. The second kappa shape index (κ2) is 11.2. The Morgan fingerprint density at radius 3 is 1.24 bits per heavy atom. The normalized spacial score (nSPS) is 11.2. The molecule has 0 saturated carbocycles. The van der Waals surface area contributed by atoms with Gasteiger partial charge in [-0.3, -0.25) is 0 Å². The van der Waals surface area contributed by atoms with Gasteiger partial charge in [0.15, 0.2) is 11.2 Å². The Hall–Kier alpha value is -6.54.